The molecule has 2 rings (SSSR count). The van der Waals surface area contributed by atoms with Gasteiger partial charge in [0.15, 0.2) is 5.69 Å². The van der Waals surface area contributed by atoms with Crippen molar-refractivity contribution in [3.05, 3.63) is 23.8 Å². The molecular weight excluding hydrogens is 180 g/mol. The smallest absolute Gasteiger partial charge is 0.354 e. The van der Waals surface area contributed by atoms with Gasteiger partial charge in [0.1, 0.15) is 6.33 Å². The minimum Gasteiger partial charge on any atom is -0.477 e. The zero-order chi connectivity index (χ0) is 9.97. The van der Waals surface area contributed by atoms with Gasteiger partial charge in [0, 0.05) is 11.8 Å². The first-order chi connectivity index (χ1) is 6.79. The fourth-order valence-electron chi connectivity index (χ4n) is 2.05. The molecule has 4 nitrogen and oxygen atoms in total. The first-order valence-corrected chi connectivity index (χ1v) is 4.82. The molecule has 0 spiro atoms. The summed E-state index contributed by atoms with van der Waals surface area (Å²) in [6.07, 6.45) is 7.42. The van der Waals surface area contributed by atoms with Gasteiger partial charge >= 0.3 is 5.97 Å². The van der Waals surface area contributed by atoms with Gasteiger partial charge in [-0.25, -0.2) is 14.8 Å². The van der Waals surface area contributed by atoms with Gasteiger partial charge in [0.05, 0.1) is 0 Å². The zero-order valence-electron chi connectivity index (χ0n) is 7.81. The van der Waals surface area contributed by atoms with Crippen molar-refractivity contribution >= 4 is 5.97 Å². The molecule has 0 bridgehead atoms. The summed E-state index contributed by atoms with van der Waals surface area (Å²) in [7, 11) is 0. The molecule has 1 aliphatic rings. The number of hydrogen-bond acceptors (Lipinski definition) is 3. The molecule has 4 heteroatoms. The lowest BCUT2D eigenvalue weighted by Gasteiger charge is -2.10. The van der Waals surface area contributed by atoms with Crippen LogP contribution in [0, 0.1) is 0 Å². The van der Waals surface area contributed by atoms with Gasteiger partial charge in [-0.1, -0.05) is 12.8 Å². The average Bonchev–Trinajstić information content (AvgIpc) is 2.70. The van der Waals surface area contributed by atoms with E-state index in [1.807, 2.05) is 0 Å². The Morgan fingerprint density at radius 2 is 2.14 bits per heavy atom. The van der Waals surface area contributed by atoms with E-state index in [-0.39, 0.29) is 5.69 Å². The Hall–Kier alpha value is -1.45. The van der Waals surface area contributed by atoms with E-state index < -0.39 is 5.97 Å². The first kappa shape index (κ1) is 9.12. The Bertz CT molecular complexity index is 346. The molecule has 14 heavy (non-hydrogen) atoms. The van der Waals surface area contributed by atoms with Crippen LogP contribution in [0.15, 0.2) is 12.5 Å². The molecule has 1 heterocycles. The molecule has 1 saturated carbocycles. The molecule has 1 fully saturated rings. The molecule has 0 radical (unpaired) electrons. The van der Waals surface area contributed by atoms with Crippen LogP contribution in [0.2, 0.25) is 0 Å². The summed E-state index contributed by atoms with van der Waals surface area (Å²) in [5.41, 5.74) is 0.976. The van der Waals surface area contributed by atoms with Gasteiger partial charge in [-0.3, -0.25) is 0 Å². The van der Waals surface area contributed by atoms with Crippen LogP contribution in [-0.2, 0) is 0 Å². The SMILES string of the molecule is O=C(O)c1ncncc1C1CCCC1. The highest BCUT2D eigenvalue weighted by Gasteiger charge is 2.23. The highest BCUT2D eigenvalue weighted by atomic mass is 16.4. The number of carboxylic acids is 1. The average molecular weight is 192 g/mol. The number of hydrogen-bond donors (Lipinski definition) is 1. The van der Waals surface area contributed by atoms with E-state index in [1.54, 1.807) is 6.20 Å². The van der Waals surface area contributed by atoms with E-state index in [1.165, 1.54) is 19.2 Å². The van der Waals surface area contributed by atoms with Gasteiger partial charge in [0.25, 0.3) is 0 Å². The maximum Gasteiger partial charge on any atom is 0.354 e. The van der Waals surface area contributed by atoms with E-state index in [0.29, 0.717) is 5.92 Å². The number of nitrogens with zero attached hydrogens (tertiary/aromatic N) is 2. The van der Waals surface area contributed by atoms with Crippen molar-refractivity contribution in [2.45, 2.75) is 31.6 Å². The molecule has 0 saturated heterocycles. The number of rotatable bonds is 2. The zero-order valence-corrected chi connectivity index (χ0v) is 7.81. The molecular formula is C10H12N2O2. The van der Waals surface area contributed by atoms with Crippen molar-refractivity contribution in [1.82, 2.24) is 9.97 Å². The minimum atomic E-state index is -0.950. The van der Waals surface area contributed by atoms with Crippen LogP contribution in [-0.4, -0.2) is 21.0 Å². The van der Waals surface area contributed by atoms with E-state index in [2.05, 4.69) is 9.97 Å². The third kappa shape index (κ3) is 1.60. The van der Waals surface area contributed by atoms with E-state index in [9.17, 15) is 4.79 Å². The van der Waals surface area contributed by atoms with Crippen LogP contribution in [0.1, 0.15) is 47.7 Å². The second kappa shape index (κ2) is 3.74. The summed E-state index contributed by atoms with van der Waals surface area (Å²) < 4.78 is 0. The molecule has 1 aromatic heterocycles. The quantitative estimate of drug-likeness (QED) is 0.776. The second-order valence-electron chi connectivity index (χ2n) is 3.61. The van der Waals surface area contributed by atoms with E-state index in [0.717, 1.165) is 18.4 Å². The molecule has 0 amide bonds. The van der Waals surface area contributed by atoms with Gasteiger partial charge in [-0.15, -0.1) is 0 Å². The van der Waals surface area contributed by atoms with Crippen molar-refractivity contribution < 1.29 is 9.90 Å². The molecule has 0 aromatic carbocycles. The van der Waals surface area contributed by atoms with Crippen LogP contribution in [0.3, 0.4) is 0 Å². The van der Waals surface area contributed by atoms with Crippen molar-refractivity contribution in [3.63, 3.8) is 0 Å². The lowest BCUT2D eigenvalue weighted by molar-refractivity contribution is 0.0688. The van der Waals surface area contributed by atoms with Crippen molar-refractivity contribution in [1.29, 1.82) is 0 Å². The lowest BCUT2D eigenvalue weighted by atomic mass is 9.98. The predicted octanol–water partition coefficient (Wildman–Crippen LogP) is 1.83. The summed E-state index contributed by atoms with van der Waals surface area (Å²) in [5.74, 6) is -0.600. The Morgan fingerprint density at radius 3 is 2.79 bits per heavy atom. The Kier molecular flexibility index (Phi) is 2.43. The topological polar surface area (TPSA) is 63.1 Å². The van der Waals surface area contributed by atoms with Crippen LogP contribution < -0.4 is 0 Å². The van der Waals surface area contributed by atoms with Gasteiger partial charge < -0.3 is 5.11 Å². The van der Waals surface area contributed by atoms with E-state index >= 15 is 0 Å². The second-order valence-corrected chi connectivity index (χ2v) is 3.61. The number of carbonyl (C=O) groups is 1. The maximum absolute atomic E-state index is 10.9. The fourth-order valence-corrected chi connectivity index (χ4v) is 2.05. The summed E-state index contributed by atoms with van der Waals surface area (Å²) in [5, 5.41) is 8.94. The van der Waals surface area contributed by atoms with Gasteiger partial charge in [0.2, 0.25) is 0 Å². The standard InChI is InChI=1S/C10H12N2O2/c13-10(14)9-8(5-11-6-12-9)7-3-1-2-4-7/h5-7H,1-4H2,(H,13,14). The highest BCUT2D eigenvalue weighted by Crippen LogP contribution is 2.34. The monoisotopic (exact) mass is 192 g/mol. The number of aromatic carboxylic acids is 1. The van der Waals surface area contributed by atoms with Crippen LogP contribution in [0.5, 0.6) is 0 Å². The first-order valence-electron chi connectivity index (χ1n) is 4.82. The molecule has 1 aliphatic carbocycles. The highest BCUT2D eigenvalue weighted by molar-refractivity contribution is 5.87. The van der Waals surface area contributed by atoms with Crippen LogP contribution in [0.25, 0.3) is 0 Å². The molecule has 0 unspecified atom stereocenters. The molecule has 1 aromatic rings. The third-order valence-corrected chi connectivity index (χ3v) is 2.74. The molecule has 0 atom stereocenters. The largest absolute Gasteiger partial charge is 0.477 e. The number of aromatic nitrogens is 2. The molecule has 74 valence electrons. The minimum absolute atomic E-state index is 0.173. The van der Waals surface area contributed by atoms with Gasteiger partial charge in [-0.05, 0) is 18.8 Å². The lowest BCUT2D eigenvalue weighted by Crippen LogP contribution is -2.08. The molecule has 0 aliphatic heterocycles. The van der Waals surface area contributed by atoms with Crippen LogP contribution in [0.4, 0.5) is 0 Å². The predicted molar refractivity (Wildman–Crippen MR) is 50.2 cm³/mol. The molecule has 1 N–H and O–H groups in total. The van der Waals surface area contributed by atoms with Crippen molar-refractivity contribution in [2.75, 3.05) is 0 Å². The Labute approximate surface area is 82.0 Å². The summed E-state index contributed by atoms with van der Waals surface area (Å²) in [6.45, 7) is 0. The maximum atomic E-state index is 10.9. The van der Waals surface area contributed by atoms with E-state index in [4.69, 9.17) is 5.11 Å². The summed E-state index contributed by atoms with van der Waals surface area (Å²) in [4.78, 5) is 18.6. The fraction of sp³-hybridized carbons (Fsp3) is 0.500. The number of carboxylic acid groups (broad SMARTS) is 1. The normalized spacial score (nSPS) is 17.1. The summed E-state index contributed by atoms with van der Waals surface area (Å²) in [6, 6.07) is 0. The van der Waals surface area contributed by atoms with Crippen molar-refractivity contribution in [2.24, 2.45) is 0 Å². The third-order valence-electron chi connectivity index (χ3n) is 2.74. The summed E-state index contributed by atoms with van der Waals surface area (Å²) >= 11 is 0. The Balaban J connectivity index is 2.35. The van der Waals surface area contributed by atoms with Crippen molar-refractivity contribution in [3.8, 4) is 0 Å². The Morgan fingerprint density at radius 1 is 1.43 bits per heavy atom. The van der Waals surface area contributed by atoms with Crippen LogP contribution >= 0.6 is 0 Å². The van der Waals surface area contributed by atoms with Gasteiger partial charge in [-0.2, -0.15) is 0 Å².